The molecule has 0 radical (unpaired) electrons. The molecule has 154 valence electrons. The van der Waals surface area contributed by atoms with Gasteiger partial charge in [0, 0.05) is 5.56 Å². The van der Waals surface area contributed by atoms with Gasteiger partial charge in [-0.05, 0) is 36.8 Å². The first kappa shape index (κ1) is 20.0. The fourth-order valence-corrected chi connectivity index (χ4v) is 5.58. The van der Waals surface area contributed by atoms with E-state index in [1.807, 2.05) is 49.4 Å². The first-order valence-electron chi connectivity index (χ1n) is 9.04. The van der Waals surface area contributed by atoms with Gasteiger partial charge in [0.05, 0.1) is 10.7 Å². The lowest BCUT2D eigenvalue weighted by Crippen LogP contribution is -2.23. The number of aryl methyl sites for hydroxylation is 1. The van der Waals surface area contributed by atoms with Crippen molar-refractivity contribution in [2.45, 2.75) is 6.92 Å². The second-order valence-corrected chi connectivity index (χ2v) is 9.38. The van der Waals surface area contributed by atoms with Crippen LogP contribution < -0.4 is 11.3 Å². The molecule has 0 unspecified atom stereocenters. The van der Waals surface area contributed by atoms with Crippen LogP contribution in [0.2, 0.25) is 5.02 Å². The number of benzene rings is 2. The topological polar surface area (TPSA) is 91.6 Å². The van der Waals surface area contributed by atoms with Gasteiger partial charge in [-0.15, -0.1) is 10.2 Å². The fourth-order valence-electron chi connectivity index (χ4n) is 3.25. The molecule has 0 fully saturated rings. The Morgan fingerprint density at radius 3 is 2.55 bits per heavy atom. The number of nitrogens with zero attached hydrogens (tertiary/aromatic N) is 5. The maximum Gasteiger partial charge on any atom is 0.278 e. The number of fused-ring (bicyclic) bond motifs is 1. The van der Waals surface area contributed by atoms with Crippen LogP contribution in [0.25, 0.3) is 31.7 Å². The molecule has 5 aromatic rings. The highest BCUT2D eigenvalue weighted by Gasteiger charge is 2.21. The summed E-state index contributed by atoms with van der Waals surface area (Å²) in [4.78, 5) is 17.7. The Morgan fingerprint density at radius 1 is 1.03 bits per heavy atom. The van der Waals surface area contributed by atoms with Crippen molar-refractivity contribution in [2.75, 3.05) is 5.73 Å². The van der Waals surface area contributed by atoms with Crippen LogP contribution in [0.1, 0.15) is 5.56 Å². The molecule has 3 aromatic heterocycles. The number of rotatable bonds is 3. The second-order valence-electron chi connectivity index (χ2n) is 6.62. The van der Waals surface area contributed by atoms with Gasteiger partial charge < -0.3 is 5.73 Å². The van der Waals surface area contributed by atoms with E-state index in [1.165, 1.54) is 15.9 Å². The van der Waals surface area contributed by atoms with Crippen LogP contribution in [0.15, 0.2) is 53.3 Å². The van der Waals surface area contributed by atoms with Crippen LogP contribution >= 0.6 is 46.5 Å². The lowest BCUT2D eigenvalue weighted by Gasteiger charge is -2.12. The highest BCUT2D eigenvalue weighted by Crippen LogP contribution is 2.33. The largest absolute Gasteiger partial charge is 0.375 e. The Morgan fingerprint density at radius 2 is 1.77 bits per heavy atom. The van der Waals surface area contributed by atoms with Crippen molar-refractivity contribution < 1.29 is 0 Å². The molecule has 2 N–H and O–H groups in total. The Hall–Kier alpha value is -2.92. The quantitative estimate of drug-likeness (QED) is 0.361. The van der Waals surface area contributed by atoms with Gasteiger partial charge in [-0.2, -0.15) is 0 Å². The number of hydrogen-bond acceptors (Lipinski definition) is 8. The van der Waals surface area contributed by atoms with Gasteiger partial charge in [0.1, 0.15) is 4.70 Å². The maximum absolute atomic E-state index is 13.3. The molecule has 0 amide bonds. The molecule has 3 heterocycles. The molecule has 2 aromatic carbocycles. The highest BCUT2D eigenvalue weighted by molar-refractivity contribution is 7.71. The van der Waals surface area contributed by atoms with Crippen LogP contribution in [0.5, 0.6) is 0 Å². The average Bonchev–Trinajstić information content (AvgIpc) is 3.37. The van der Waals surface area contributed by atoms with Crippen molar-refractivity contribution in [1.29, 1.82) is 0 Å². The summed E-state index contributed by atoms with van der Waals surface area (Å²) in [6.07, 6.45) is 0. The number of nitrogens with two attached hydrogens (primary N) is 1. The van der Waals surface area contributed by atoms with E-state index in [2.05, 4.69) is 15.2 Å². The zero-order valence-electron chi connectivity index (χ0n) is 15.9. The Balaban J connectivity index is 1.83. The number of para-hydroxylation sites is 1. The van der Waals surface area contributed by atoms with E-state index in [0.717, 1.165) is 22.5 Å². The van der Waals surface area contributed by atoms with Gasteiger partial charge in [-0.25, -0.2) is 9.55 Å². The molecule has 0 aliphatic heterocycles. The monoisotopic (exact) mass is 484 g/mol. The summed E-state index contributed by atoms with van der Waals surface area (Å²) in [6.45, 7) is 1.92. The molecule has 0 spiro atoms. The molecule has 0 saturated carbocycles. The predicted octanol–water partition coefficient (Wildman–Crippen LogP) is 5.03. The molecule has 0 aliphatic carbocycles. The van der Waals surface area contributed by atoms with E-state index in [1.54, 1.807) is 10.6 Å². The van der Waals surface area contributed by atoms with Crippen molar-refractivity contribution in [3.05, 3.63) is 74.2 Å². The average molecular weight is 485 g/mol. The third-order valence-corrected chi connectivity index (χ3v) is 7.18. The Bertz CT molecular complexity index is 1580. The smallest absolute Gasteiger partial charge is 0.278 e. The molecular formula is C20H13ClN6OS3. The summed E-state index contributed by atoms with van der Waals surface area (Å²) in [5.41, 5.74) is 8.42. The van der Waals surface area contributed by atoms with Gasteiger partial charge in [0.2, 0.25) is 5.13 Å². The van der Waals surface area contributed by atoms with Gasteiger partial charge in [-0.3, -0.25) is 9.36 Å². The van der Waals surface area contributed by atoms with Crippen LogP contribution in [0.3, 0.4) is 0 Å². The molecule has 0 saturated heterocycles. The first-order chi connectivity index (χ1) is 15.0. The minimum Gasteiger partial charge on any atom is -0.375 e. The zero-order chi connectivity index (χ0) is 21.7. The van der Waals surface area contributed by atoms with Gasteiger partial charge in [0.25, 0.3) is 5.56 Å². The van der Waals surface area contributed by atoms with Crippen molar-refractivity contribution in [2.24, 2.45) is 0 Å². The lowest BCUT2D eigenvalue weighted by atomic mass is 10.2. The molecule has 31 heavy (non-hydrogen) atoms. The van der Waals surface area contributed by atoms with Crippen molar-refractivity contribution >= 4 is 62.0 Å². The summed E-state index contributed by atoms with van der Waals surface area (Å²) < 4.78 is 3.76. The number of halogens is 1. The van der Waals surface area contributed by atoms with Crippen LogP contribution in [-0.2, 0) is 0 Å². The fraction of sp³-hybridized carbons (Fsp3) is 0.0500. The van der Waals surface area contributed by atoms with Gasteiger partial charge >= 0.3 is 0 Å². The third kappa shape index (κ3) is 3.28. The Labute approximate surface area is 194 Å². The highest BCUT2D eigenvalue weighted by atomic mass is 35.5. The standard InChI is InChI=1S/C20H13ClN6OS3/c1-10-6-2-5-9-13(10)26-17(28)14-15(23-18(22)30-14)27(20(26)29)19-25-24-16(31-19)11-7-3-4-8-12(11)21/h2-9H,1H3,(H2,22,23). The van der Waals surface area contributed by atoms with Gasteiger partial charge in [-0.1, -0.05) is 70.7 Å². The lowest BCUT2D eigenvalue weighted by molar-refractivity contribution is 0.849. The van der Waals surface area contributed by atoms with Crippen LogP contribution in [-0.4, -0.2) is 24.3 Å². The number of anilines is 1. The van der Waals surface area contributed by atoms with Gasteiger partial charge in [0.15, 0.2) is 20.6 Å². The summed E-state index contributed by atoms with van der Waals surface area (Å²) in [7, 11) is 0. The number of hydrogen-bond donors (Lipinski definition) is 1. The molecular weight excluding hydrogens is 472 g/mol. The van der Waals surface area contributed by atoms with Crippen molar-refractivity contribution in [1.82, 2.24) is 24.3 Å². The van der Waals surface area contributed by atoms with E-state index in [4.69, 9.17) is 29.6 Å². The van der Waals surface area contributed by atoms with E-state index in [0.29, 0.717) is 31.2 Å². The normalized spacial score (nSPS) is 11.3. The minimum absolute atomic E-state index is 0.235. The first-order valence-corrected chi connectivity index (χ1v) is 11.5. The van der Waals surface area contributed by atoms with E-state index >= 15 is 0 Å². The summed E-state index contributed by atoms with van der Waals surface area (Å²) >= 11 is 14.5. The SMILES string of the molecule is Cc1ccccc1-n1c(=O)c2sc(N)nc2n(-c2nnc(-c3ccccc3Cl)s2)c1=S. The van der Waals surface area contributed by atoms with Crippen molar-refractivity contribution in [3.8, 4) is 21.4 Å². The molecule has 7 nitrogen and oxygen atoms in total. The summed E-state index contributed by atoms with van der Waals surface area (Å²) in [5.74, 6) is 0. The van der Waals surface area contributed by atoms with E-state index in [-0.39, 0.29) is 15.5 Å². The molecule has 11 heteroatoms. The molecule has 5 rings (SSSR count). The second kappa shape index (κ2) is 7.65. The molecule has 0 aliphatic rings. The summed E-state index contributed by atoms with van der Waals surface area (Å²) in [6, 6.07) is 14.9. The Kier molecular flexibility index (Phi) is 4.94. The number of nitrogen functional groups attached to an aromatic ring is 1. The number of thiazole rings is 1. The third-order valence-electron chi connectivity index (χ3n) is 4.68. The van der Waals surface area contributed by atoms with Crippen LogP contribution in [0.4, 0.5) is 5.13 Å². The van der Waals surface area contributed by atoms with E-state index in [9.17, 15) is 4.79 Å². The minimum atomic E-state index is -0.268. The van der Waals surface area contributed by atoms with Crippen molar-refractivity contribution in [3.63, 3.8) is 0 Å². The van der Waals surface area contributed by atoms with E-state index < -0.39 is 0 Å². The molecule has 0 bridgehead atoms. The maximum atomic E-state index is 13.3. The molecule has 0 atom stereocenters. The summed E-state index contributed by atoms with van der Waals surface area (Å²) in [5, 5.41) is 10.6. The number of aromatic nitrogens is 5. The zero-order valence-corrected chi connectivity index (χ0v) is 19.1. The van der Waals surface area contributed by atoms with Crippen LogP contribution in [0, 0.1) is 11.7 Å². The predicted molar refractivity (Wildman–Crippen MR) is 128 cm³/mol.